The van der Waals surface area contributed by atoms with Crippen molar-refractivity contribution in [3.05, 3.63) is 59.7 Å². The van der Waals surface area contributed by atoms with Gasteiger partial charge in [0.25, 0.3) is 0 Å². The van der Waals surface area contributed by atoms with Gasteiger partial charge in [-0.3, -0.25) is 0 Å². The summed E-state index contributed by atoms with van der Waals surface area (Å²) in [5.41, 5.74) is 4.21. The maximum atomic E-state index is 13.2. The summed E-state index contributed by atoms with van der Waals surface area (Å²) < 4.78 is 5.41. The Kier molecular flexibility index (Phi) is 7.55. The Hall–Kier alpha value is -3.02. The molecule has 2 aromatic rings. The van der Waals surface area contributed by atoms with Crippen molar-refractivity contribution in [1.29, 1.82) is 0 Å². The molecule has 0 heterocycles. The molecule has 0 saturated heterocycles. The quantitative estimate of drug-likeness (QED) is 0.669. The van der Waals surface area contributed by atoms with Crippen LogP contribution < -0.4 is 10.2 Å². The van der Waals surface area contributed by atoms with Gasteiger partial charge in [0, 0.05) is 30.5 Å². The van der Waals surface area contributed by atoms with Crippen molar-refractivity contribution in [2.75, 3.05) is 23.3 Å². The molecule has 0 bridgehead atoms. The van der Waals surface area contributed by atoms with Crippen LogP contribution in [0.25, 0.3) is 0 Å². The second kappa shape index (κ2) is 10.3. The summed E-state index contributed by atoms with van der Waals surface area (Å²) >= 11 is 0. The van der Waals surface area contributed by atoms with Crippen LogP contribution in [0.3, 0.4) is 0 Å². The highest BCUT2D eigenvalue weighted by Gasteiger charge is 2.34. The van der Waals surface area contributed by atoms with Crippen LogP contribution in [0.5, 0.6) is 0 Å². The van der Waals surface area contributed by atoms with Gasteiger partial charge < -0.3 is 15.0 Å². The van der Waals surface area contributed by atoms with E-state index >= 15 is 0 Å². The number of carbonyl (C=O) groups is 2. The van der Waals surface area contributed by atoms with Crippen LogP contribution in [-0.2, 0) is 17.6 Å². The van der Waals surface area contributed by atoms with Gasteiger partial charge in [0.05, 0.1) is 6.10 Å². The molecule has 0 radical (unpaired) electrons. The van der Waals surface area contributed by atoms with Gasteiger partial charge in [-0.05, 0) is 82.3 Å². The van der Waals surface area contributed by atoms with Gasteiger partial charge >= 0.3 is 12.1 Å². The van der Waals surface area contributed by atoms with Crippen molar-refractivity contribution in [3.8, 4) is 0 Å². The minimum atomic E-state index is -0.600. The molecule has 1 aliphatic carbocycles. The monoisotopic (exact) mass is 423 g/mol. The number of ether oxygens (including phenoxy) is 1. The average molecular weight is 424 g/mol. The summed E-state index contributed by atoms with van der Waals surface area (Å²) in [6.07, 6.45) is 1.29. The van der Waals surface area contributed by atoms with Crippen molar-refractivity contribution in [2.24, 2.45) is 0 Å². The summed E-state index contributed by atoms with van der Waals surface area (Å²) in [5.74, 6) is 0. The van der Waals surface area contributed by atoms with Crippen molar-refractivity contribution >= 4 is 23.5 Å². The Labute approximate surface area is 185 Å². The fourth-order valence-electron chi connectivity index (χ4n) is 4.08. The Balaban J connectivity index is 1.78. The number of hydrogen-bond donors (Lipinski definition) is 1. The fourth-order valence-corrected chi connectivity index (χ4v) is 4.08. The van der Waals surface area contributed by atoms with E-state index in [9.17, 15) is 9.59 Å². The number of carbonyl (C=O) groups excluding carboxylic acids is 2. The minimum absolute atomic E-state index is 0.240. The summed E-state index contributed by atoms with van der Waals surface area (Å²) in [6.45, 7) is 9.63. The van der Waals surface area contributed by atoms with Crippen molar-refractivity contribution in [2.45, 2.75) is 59.1 Å². The van der Waals surface area contributed by atoms with Gasteiger partial charge in [0.15, 0.2) is 0 Å². The standard InChI is InChI=1S/C25H33N3O3/c1-5-27(6-2)22-15-12-21(13-16-22)26-24(29)28(25(30)31-18(3)4)23-14-11-19-9-7-8-10-20(19)17-23/h7-10,12-13,15-16,18,23H,5-6,11,14,17H2,1-4H3,(H,26,29). The largest absolute Gasteiger partial charge is 0.446 e. The van der Waals surface area contributed by atoms with Crippen molar-refractivity contribution < 1.29 is 14.3 Å². The highest BCUT2D eigenvalue weighted by atomic mass is 16.6. The molecule has 1 unspecified atom stereocenters. The normalized spacial score (nSPS) is 15.2. The number of nitrogens with one attached hydrogen (secondary N) is 1. The maximum Gasteiger partial charge on any atom is 0.418 e. The number of imide groups is 1. The van der Waals surface area contributed by atoms with Crippen molar-refractivity contribution in [1.82, 2.24) is 4.90 Å². The van der Waals surface area contributed by atoms with Crippen LogP contribution in [0.4, 0.5) is 21.0 Å². The van der Waals surface area contributed by atoms with Crippen LogP contribution in [0.15, 0.2) is 48.5 Å². The summed E-state index contributed by atoms with van der Waals surface area (Å²) in [5, 5.41) is 2.89. The first-order valence-corrected chi connectivity index (χ1v) is 11.2. The number of anilines is 2. The van der Waals surface area contributed by atoms with E-state index in [0.29, 0.717) is 12.1 Å². The SMILES string of the molecule is CCN(CC)c1ccc(NC(=O)N(C(=O)OC(C)C)C2CCc3ccccc3C2)cc1. The van der Waals surface area contributed by atoms with Gasteiger partial charge in [0.1, 0.15) is 0 Å². The highest BCUT2D eigenvalue weighted by molar-refractivity contribution is 5.99. The second-order valence-electron chi connectivity index (χ2n) is 8.12. The van der Waals surface area contributed by atoms with E-state index in [0.717, 1.165) is 31.6 Å². The zero-order chi connectivity index (χ0) is 22.4. The van der Waals surface area contributed by atoms with Crippen LogP contribution >= 0.6 is 0 Å². The zero-order valence-corrected chi connectivity index (χ0v) is 18.9. The molecule has 1 atom stereocenters. The molecule has 0 spiro atoms. The number of fused-ring (bicyclic) bond motifs is 1. The molecule has 6 nitrogen and oxygen atoms in total. The lowest BCUT2D eigenvalue weighted by atomic mass is 9.88. The molecule has 3 rings (SSSR count). The van der Waals surface area contributed by atoms with Crippen LogP contribution in [0, 0.1) is 0 Å². The molecular weight excluding hydrogens is 390 g/mol. The Morgan fingerprint density at radius 3 is 2.29 bits per heavy atom. The number of nitrogens with zero attached hydrogens (tertiary/aromatic N) is 2. The van der Waals surface area contributed by atoms with E-state index in [-0.39, 0.29) is 12.1 Å². The molecule has 31 heavy (non-hydrogen) atoms. The van der Waals surface area contributed by atoms with E-state index in [1.54, 1.807) is 13.8 Å². The van der Waals surface area contributed by atoms with Crippen molar-refractivity contribution in [3.63, 3.8) is 0 Å². The molecule has 0 aromatic heterocycles. The van der Waals surface area contributed by atoms with Gasteiger partial charge in [0.2, 0.25) is 0 Å². The first-order valence-electron chi connectivity index (χ1n) is 11.2. The number of aryl methyl sites for hydroxylation is 1. The van der Waals surface area contributed by atoms with Gasteiger partial charge in [-0.2, -0.15) is 0 Å². The fraction of sp³-hybridized carbons (Fsp3) is 0.440. The molecular formula is C25H33N3O3. The van der Waals surface area contributed by atoms with Crippen LogP contribution in [0.2, 0.25) is 0 Å². The smallest absolute Gasteiger partial charge is 0.418 e. The Morgan fingerprint density at radius 2 is 1.68 bits per heavy atom. The lowest BCUT2D eigenvalue weighted by molar-refractivity contribution is 0.0745. The first-order chi connectivity index (χ1) is 14.9. The summed E-state index contributed by atoms with van der Waals surface area (Å²) in [6, 6.07) is 15.2. The number of benzene rings is 2. The number of amides is 3. The van der Waals surface area contributed by atoms with E-state index in [1.807, 2.05) is 36.4 Å². The highest BCUT2D eigenvalue weighted by Crippen LogP contribution is 2.26. The Morgan fingerprint density at radius 1 is 1.03 bits per heavy atom. The second-order valence-corrected chi connectivity index (χ2v) is 8.12. The minimum Gasteiger partial charge on any atom is -0.446 e. The zero-order valence-electron chi connectivity index (χ0n) is 18.9. The summed E-state index contributed by atoms with van der Waals surface area (Å²) in [7, 11) is 0. The van der Waals surface area contributed by atoms with Crippen LogP contribution in [0.1, 0.15) is 45.2 Å². The molecule has 2 aromatic carbocycles. The molecule has 0 fully saturated rings. The lowest BCUT2D eigenvalue weighted by Gasteiger charge is -2.33. The predicted octanol–water partition coefficient (Wildman–Crippen LogP) is 5.47. The third-order valence-corrected chi connectivity index (χ3v) is 5.69. The first kappa shape index (κ1) is 22.7. The molecule has 6 heteroatoms. The number of hydrogen-bond acceptors (Lipinski definition) is 4. The van der Waals surface area contributed by atoms with E-state index < -0.39 is 12.1 Å². The third kappa shape index (κ3) is 5.57. The van der Waals surface area contributed by atoms with Gasteiger partial charge in [-0.15, -0.1) is 0 Å². The average Bonchev–Trinajstić information content (AvgIpc) is 2.75. The number of urea groups is 1. The maximum absolute atomic E-state index is 13.2. The molecule has 1 aliphatic rings. The van der Waals surface area contributed by atoms with Gasteiger partial charge in [-0.1, -0.05) is 24.3 Å². The summed E-state index contributed by atoms with van der Waals surface area (Å²) in [4.78, 5) is 29.5. The molecule has 1 N–H and O–H groups in total. The van der Waals surface area contributed by atoms with E-state index in [2.05, 4.69) is 36.2 Å². The lowest BCUT2D eigenvalue weighted by Crippen LogP contribution is -2.49. The molecule has 3 amide bonds. The number of rotatable bonds is 6. The van der Waals surface area contributed by atoms with E-state index in [4.69, 9.17) is 4.74 Å². The topological polar surface area (TPSA) is 61.9 Å². The Bertz CT molecular complexity index is 891. The predicted molar refractivity (Wildman–Crippen MR) is 125 cm³/mol. The molecule has 0 saturated carbocycles. The molecule has 166 valence electrons. The van der Waals surface area contributed by atoms with Gasteiger partial charge in [-0.25, -0.2) is 14.5 Å². The third-order valence-electron chi connectivity index (χ3n) is 5.69. The van der Waals surface area contributed by atoms with E-state index in [1.165, 1.54) is 16.0 Å². The van der Waals surface area contributed by atoms with Crippen LogP contribution in [-0.4, -0.2) is 42.3 Å². The molecule has 0 aliphatic heterocycles.